The van der Waals surface area contributed by atoms with Gasteiger partial charge in [-0.2, -0.15) is 0 Å². The van der Waals surface area contributed by atoms with E-state index < -0.39 is 0 Å². The molecule has 5 heavy (non-hydrogen) atoms. The van der Waals surface area contributed by atoms with Crippen LogP contribution in [0.2, 0.25) is 0 Å². The van der Waals surface area contributed by atoms with E-state index in [0.29, 0.717) is 0 Å². The Kier molecular flexibility index (Phi) is 308. The van der Waals surface area contributed by atoms with Gasteiger partial charge in [0.15, 0.2) is 0 Å². The second-order valence-corrected chi connectivity index (χ2v) is 0. The van der Waals surface area contributed by atoms with Crippen LogP contribution in [-0.2, 0) is 84.5 Å². The average Bonchev–Trinajstić information content (AvgIpc) is 0. The Morgan fingerprint density at radius 2 is 0.400 bits per heavy atom. The maximum Gasteiger partial charge on any atom is 0 e. The van der Waals surface area contributed by atoms with Crippen LogP contribution in [0.1, 0.15) is 0 Å². The van der Waals surface area contributed by atoms with Crippen molar-refractivity contribution in [2.45, 2.75) is 0 Å². The summed E-state index contributed by atoms with van der Waals surface area (Å²) in [6.45, 7) is 0. The summed E-state index contributed by atoms with van der Waals surface area (Å²) >= 11 is 0. The summed E-state index contributed by atoms with van der Waals surface area (Å²) in [5.41, 5.74) is 0. The molecule has 43 valence electrons. The molecule has 0 nitrogen and oxygen atoms in total. The van der Waals surface area contributed by atoms with E-state index in [2.05, 4.69) is 0 Å². The molecule has 0 amide bonds. The van der Waals surface area contributed by atoms with E-state index in [1.54, 1.807) is 0 Å². The van der Waals surface area contributed by atoms with Crippen LogP contribution in [0.3, 0.4) is 0 Å². The van der Waals surface area contributed by atoms with E-state index in [9.17, 15) is 0 Å². The summed E-state index contributed by atoms with van der Waals surface area (Å²) in [4.78, 5) is 0. The van der Waals surface area contributed by atoms with Gasteiger partial charge in [0.2, 0.25) is 0 Å². The maximum atomic E-state index is 0. The predicted octanol–water partition coefficient (Wildman–Crippen LogP) is -0.0125. The van der Waals surface area contributed by atoms with Crippen molar-refractivity contribution >= 4 is 0 Å². The second kappa shape index (κ2) is 31.0. The Hall–Kier alpha value is 2.56. The van der Waals surface area contributed by atoms with Crippen LogP contribution in [0.15, 0.2) is 0 Å². The fourth-order valence-electron chi connectivity index (χ4n) is 0. The van der Waals surface area contributed by atoms with Gasteiger partial charge in [-0.05, 0) is 0 Å². The van der Waals surface area contributed by atoms with Crippen molar-refractivity contribution < 1.29 is 84.5 Å². The number of hydrogen-bond donors (Lipinski definition) is 0. The molecular weight excluding hydrogens is 288 g/mol. The molecule has 3 radical (unpaired) electrons. The molecule has 0 aromatic carbocycles. The van der Waals surface area contributed by atoms with E-state index in [1.165, 1.54) is 0 Å². The van der Waals surface area contributed by atoms with Crippen LogP contribution in [0.5, 0.6) is 0 Å². The van der Waals surface area contributed by atoms with Gasteiger partial charge in [0.1, 0.15) is 0 Å². The zero-order valence-corrected chi connectivity index (χ0v) is 7.04. The summed E-state index contributed by atoms with van der Waals surface area (Å²) in [5.74, 6) is 0. The smallest absolute Gasteiger partial charge is 0 e. The fraction of sp³-hybridized carbons (Fsp3) is 0. The van der Waals surface area contributed by atoms with Crippen LogP contribution >= 0.6 is 0 Å². The van der Waals surface area contributed by atoms with E-state index in [0.717, 1.165) is 0 Å². The Labute approximate surface area is 83.5 Å². The van der Waals surface area contributed by atoms with Crippen molar-refractivity contribution in [3.05, 3.63) is 0 Å². The molecule has 0 aromatic rings. The first-order valence-electron chi connectivity index (χ1n) is 0. The summed E-state index contributed by atoms with van der Waals surface area (Å²) in [7, 11) is 0. The molecule has 0 unspecified atom stereocenters. The van der Waals surface area contributed by atoms with Crippen molar-refractivity contribution in [1.82, 2.24) is 0 Å². The van der Waals surface area contributed by atoms with E-state index in [-0.39, 0.29) is 84.5 Å². The van der Waals surface area contributed by atoms with Gasteiger partial charge in [-0.3, -0.25) is 0 Å². The molecular formula is Co3Fe2. The van der Waals surface area contributed by atoms with Gasteiger partial charge in [-0.1, -0.05) is 0 Å². The Balaban J connectivity index is 0. The zero-order valence-electron chi connectivity index (χ0n) is 1.71. The van der Waals surface area contributed by atoms with E-state index in [4.69, 9.17) is 0 Å². The van der Waals surface area contributed by atoms with Gasteiger partial charge in [0.05, 0.1) is 0 Å². The molecule has 5 heteroatoms. The first-order valence-corrected chi connectivity index (χ1v) is 0. The quantitative estimate of drug-likeness (QED) is 0.550. The van der Waals surface area contributed by atoms with Crippen LogP contribution in [-0.4, -0.2) is 0 Å². The topological polar surface area (TPSA) is 0 Å². The molecule has 0 aliphatic heterocycles. The van der Waals surface area contributed by atoms with Crippen LogP contribution in [0.25, 0.3) is 0 Å². The van der Waals surface area contributed by atoms with Crippen LogP contribution in [0.4, 0.5) is 0 Å². The van der Waals surface area contributed by atoms with Gasteiger partial charge in [0, 0.05) is 84.5 Å². The van der Waals surface area contributed by atoms with Crippen molar-refractivity contribution in [1.29, 1.82) is 0 Å². The number of rotatable bonds is 0. The minimum absolute atomic E-state index is 0. The summed E-state index contributed by atoms with van der Waals surface area (Å²) in [6, 6.07) is 0. The van der Waals surface area contributed by atoms with Crippen LogP contribution in [0, 0.1) is 0 Å². The average molecular weight is 288 g/mol. The van der Waals surface area contributed by atoms with Gasteiger partial charge < -0.3 is 0 Å². The Morgan fingerprint density at radius 1 is 0.400 bits per heavy atom. The van der Waals surface area contributed by atoms with Crippen molar-refractivity contribution in [3.8, 4) is 0 Å². The predicted molar refractivity (Wildman–Crippen MR) is 0 cm³/mol. The SMILES string of the molecule is [Co].[Co].[Co].[Fe].[Fe]. The van der Waals surface area contributed by atoms with Crippen molar-refractivity contribution in [2.75, 3.05) is 0 Å². The Bertz CT molecular complexity index is 4.85. The van der Waals surface area contributed by atoms with Gasteiger partial charge in [0.25, 0.3) is 0 Å². The van der Waals surface area contributed by atoms with E-state index in [1.807, 2.05) is 0 Å². The first-order chi connectivity index (χ1) is 0. The largest absolute Gasteiger partial charge is 0 e. The molecule has 0 rings (SSSR count). The molecule has 0 saturated carbocycles. The first kappa shape index (κ1) is 49.7. The third-order valence-corrected chi connectivity index (χ3v) is 0. The molecule has 0 aliphatic carbocycles. The van der Waals surface area contributed by atoms with Gasteiger partial charge in [-0.25, -0.2) is 0 Å². The molecule has 0 aromatic heterocycles. The molecule has 0 atom stereocenters. The minimum Gasteiger partial charge on any atom is 0 e. The molecule has 0 heterocycles. The third kappa shape index (κ3) is 20.8. The fourth-order valence-corrected chi connectivity index (χ4v) is 0. The molecule has 0 N–H and O–H groups in total. The molecule has 0 aliphatic rings. The molecule has 0 saturated heterocycles. The summed E-state index contributed by atoms with van der Waals surface area (Å²) in [6.07, 6.45) is 0. The normalized spacial score (nSPS) is 0. The summed E-state index contributed by atoms with van der Waals surface area (Å²) < 4.78 is 0. The Morgan fingerprint density at radius 3 is 0.400 bits per heavy atom. The summed E-state index contributed by atoms with van der Waals surface area (Å²) in [5, 5.41) is 0. The monoisotopic (exact) mass is 289 g/mol. The second-order valence-electron chi connectivity index (χ2n) is 0. The maximum absolute atomic E-state index is 0. The molecule has 0 fully saturated rings. The zero-order chi connectivity index (χ0) is 0. The van der Waals surface area contributed by atoms with E-state index >= 15 is 0 Å². The molecule has 0 bridgehead atoms. The van der Waals surface area contributed by atoms with Crippen molar-refractivity contribution in [2.24, 2.45) is 0 Å². The number of hydrogen-bond acceptors (Lipinski definition) is 0. The van der Waals surface area contributed by atoms with Gasteiger partial charge in [-0.15, -0.1) is 0 Å². The van der Waals surface area contributed by atoms with Crippen LogP contribution < -0.4 is 0 Å². The van der Waals surface area contributed by atoms with Crippen molar-refractivity contribution in [3.63, 3.8) is 0 Å². The molecule has 0 spiro atoms. The van der Waals surface area contributed by atoms with Gasteiger partial charge >= 0.3 is 0 Å². The standard InChI is InChI=1S/3Co.2Fe. The minimum atomic E-state index is 0. The third-order valence-electron chi connectivity index (χ3n) is 0.